The van der Waals surface area contributed by atoms with E-state index in [0.717, 1.165) is 31.6 Å². The van der Waals surface area contributed by atoms with Crippen molar-refractivity contribution in [2.24, 2.45) is 11.8 Å². The van der Waals surface area contributed by atoms with Crippen LogP contribution in [0, 0.1) is 18.8 Å². The number of rotatable bonds is 3. The van der Waals surface area contributed by atoms with Gasteiger partial charge in [-0.15, -0.1) is 0 Å². The number of fused-ring (bicyclic) bond motifs is 1. The Labute approximate surface area is 121 Å². The lowest BCUT2D eigenvalue weighted by molar-refractivity contribution is -0.131. The first-order valence-corrected chi connectivity index (χ1v) is 7.74. The third-order valence-corrected chi connectivity index (χ3v) is 4.93. The standard InChI is InChI=1S/C17H24N2O/c1-3-16-15-10-18-9-14(15)11-19(16)17(20)8-13-6-4-12(2)5-7-13/h4-7,14-16,18H,3,8-11H2,1-2H3. The average molecular weight is 272 g/mol. The van der Waals surface area contributed by atoms with Gasteiger partial charge >= 0.3 is 0 Å². The van der Waals surface area contributed by atoms with E-state index >= 15 is 0 Å². The van der Waals surface area contributed by atoms with Crippen LogP contribution in [0.15, 0.2) is 24.3 Å². The Hall–Kier alpha value is -1.35. The van der Waals surface area contributed by atoms with Gasteiger partial charge in [-0.3, -0.25) is 4.79 Å². The van der Waals surface area contributed by atoms with E-state index in [1.54, 1.807) is 0 Å². The fourth-order valence-electron chi connectivity index (χ4n) is 3.81. The molecule has 108 valence electrons. The highest BCUT2D eigenvalue weighted by molar-refractivity contribution is 5.79. The van der Waals surface area contributed by atoms with Crippen LogP contribution >= 0.6 is 0 Å². The lowest BCUT2D eigenvalue weighted by Crippen LogP contribution is -2.40. The zero-order chi connectivity index (χ0) is 14.1. The molecular weight excluding hydrogens is 248 g/mol. The van der Waals surface area contributed by atoms with Gasteiger partial charge in [-0.2, -0.15) is 0 Å². The van der Waals surface area contributed by atoms with Crippen molar-refractivity contribution in [3.8, 4) is 0 Å². The van der Waals surface area contributed by atoms with Crippen LogP contribution in [0.25, 0.3) is 0 Å². The summed E-state index contributed by atoms with van der Waals surface area (Å²) in [7, 11) is 0. The minimum absolute atomic E-state index is 0.301. The van der Waals surface area contributed by atoms with Gasteiger partial charge in [0.15, 0.2) is 0 Å². The Balaban J connectivity index is 1.69. The van der Waals surface area contributed by atoms with Gasteiger partial charge in [0, 0.05) is 25.7 Å². The van der Waals surface area contributed by atoms with Gasteiger partial charge < -0.3 is 10.2 Å². The third-order valence-electron chi connectivity index (χ3n) is 4.93. The lowest BCUT2D eigenvalue weighted by atomic mass is 9.93. The first-order valence-electron chi connectivity index (χ1n) is 7.74. The van der Waals surface area contributed by atoms with Crippen LogP contribution in [-0.2, 0) is 11.2 Å². The van der Waals surface area contributed by atoms with Crippen LogP contribution < -0.4 is 5.32 Å². The summed E-state index contributed by atoms with van der Waals surface area (Å²) in [4.78, 5) is 14.8. The van der Waals surface area contributed by atoms with Crippen LogP contribution in [0.3, 0.4) is 0 Å². The first-order chi connectivity index (χ1) is 9.69. The number of hydrogen-bond acceptors (Lipinski definition) is 2. The minimum Gasteiger partial charge on any atom is -0.339 e. The molecule has 3 nitrogen and oxygen atoms in total. The molecule has 1 amide bonds. The van der Waals surface area contributed by atoms with Crippen molar-refractivity contribution >= 4 is 5.91 Å². The molecule has 2 saturated heterocycles. The van der Waals surface area contributed by atoms with Crippen LogP contribution in [0.4, 0.5) is 0 Å². The molecule has 0 radical (unpaired) electrons. The Morgan fingerprint density at radius 3 is 2.75 bits per heavy atom. The SMILES string of the molecule is CCC1C2CNCC2CN1C(=O)Cc1ccc(C)cc1. The van der Waals surface area contributed by atoms with E-state index in [1.165, 1.54) is 5.56 Å². The third kappa shape index (κ3) is 2.47. The maximum Gasteiger partial charge on any atom is 0.227 e. The summed E-state index contributed by atoms with van der Waals surface area (Å²) in [6.45, 7) is 7.39. The first kappa shape index (κ1) is 13.6. The summed E-state index contributed by atoms with van der Waals surface area (Å²) in [6, 6.07) is 8.76. The molecule has 0 aromatic heterocycles. The van der Waals surface area contributed by atoms with Gasteiger partial charge in [0.05, 0.1) is 6.42 Å². The molecule has 2 aliphatic rings. The highest BCUT2D eigenvalue weighted by Crippen LogP contribution is 2.34. The number of amides is 1. The monoisotopic (exact) mass is 272 g/mol. The fraction of sp³-hybridized carbons (Fsp3) is 0.588. The number of benzene rings is 1. The fourth-order valence-corrected chi connectivity index (χ4v) is 3.81. The molecule has 3 heteroatoms. The van der Waals surface area contributed by atoms with Crippen molar-refractivity contribution in [2.45, 2.75) is 32.7 Å². The van der Waals surface area contributed by atoms with Crippen molar-refractivity contribution in [1.29, 1.82) is 0 Å². The second-order valence-corrected chi connectivity index (χ2v) is 6.27. The highest BCUT2D eigenvalue weighted by Gasteiger charge is 2.44. The summed E-state index contributed by atoms with van der Waals surface area (Å²) in [5.41, 5.74) is 2.38. The van der Waals surface area contributed by atoms with Crippen molar-refractivity contribution < 1.29 is 4.79 Å². The predicted octanol–water partition coefficient (Wildman–Crippen LogP) is 1.99. The van der Waals surface area contributed by atoms with Crippen molar-refractivity contribution in [1.82, 2.24) is 10.2 Å². The average Bonchev–Trinajstić information content (AvgIpc) is 3.01. The molecule has 3 unspecified atom stereocenters. The van der Waals surface area contributed by atoms with Crippen LogP contribution in [0.1, 0.15) is 24.5 Å². The topological polar surface area (TPSA) is 32.3 Å². The summed E-state index contributed by atoms with van der Waals surface area (Å²) in [6.07, 6.45) is 1.62. The molecule has 2 aliphatic heterocycles. The Morgan fingerprint density at radius 2 is 2.05 bits per heavy atom. The maximum atomic E-state index is 12.6. The molecule has 20 heavy (non-hydrogen) atoms. The Bertz CT molecular complexity index is 482. The number of aryl methyl sites for hydroxylation is 1. The molecule has 2 fully saturated rings. The van der Waals surface area contributed by atoms with E-state index in [0.29, 0.717) is 30.2 Å². The molecule has 0 bridgehead atoms. The molecule has 1 N–H and O–H groups in total. The van der Waals surface area contributed by atoms with Gasteiger partial charge in [-0.1, -0.05) is 36.8 Å². The molecule has 0 saturated carbocycles. The molecule has 1 aromatic carbocycles. The Kier molecular flexibility index (Phi) is 3.79. The second-order valence-electron chi connectivity index (χ2n) is 6.27. The van der Waals surface area contributed by atoms with Gasteiger partial charge in [-0.05, 0) is 30.7 Å². The zero-order valence-corrected chi connectivity index (χ0v) is 12.4. The van der Waals surface area contributed by atoms with E-state index in [2.05, 4.69) is 48.3 Å². The van der Waals surface area contributed by atoms with Gasteiger partial charge in [0.25, 0.3) is 0 Å². The van der Waals surface area contributed by atoms with Crippen molar-refractivity contribution in [2.75, 3.05) is 19.6 Å². The lowest BCUT2D eigenvalue weighted by Gasteiger charge is -2.27. The number of nitrogens with one attached hydrogen (secondary N) is 1. The summed E-state index contributed by atoms with van der Waals surface area (Å²) < 4.78 is 0. The van der Waals surface area contributed by atoms with Gasteiger partial charge in [0.2, 0.25) is 5.91 Å². The number of carbonyl (C=O) groups is 1. The number of nitrogens with zero attached hydrogens (tertiary/aromatic N) is 1. The van der Waals surface area contributed by atoms with Gasteiger partial charge in [-0.25, -0.2) is 0 Å². The van der Waals surface area contributed by atoms with Crippen molar-refractivity contribution in [3.63, 3.8) is 0 Å². The molecular formula is C17H24N2O. The normalized spacial score (nSPS) is 28.7. The smallest absolute Gasteiger partial charge is 0.227 e. The largest absolute Gasteiger partial charge is 0.339 e. The zero-order valence-electron chi connectivity index (χ0n) is 12.4. The molecule has 1 aromatic rings. The molecule has 0 spiro atoms. The summed E-state index contributed by atoms with van der Waals surface area (Å²) in [5, 5.41) is 3.47. The van der Waals surface area contributed by atoms with E-state index in [-0.39, 0.29) is 0 Å². The molecule has 0 aliphatic carbocycles. The van der Waals surface area contributed by atoms with E-state index < -0.39 is 0 Å². The maximum absolute atomic E-state index is 12.6. The van der Waals surface area contributed by atoms with Crippen molar-refractivity contribution in [3.05, 3.63) is 35.4 Å². The van der Waals surface area contributed by atoms with Crippen LogP contribution in [-0.4, -0.2) is 36.5 Å². The second kappa shape index (κ2) is 5.57. The summed E-state index contributed by atoms with van der Waals surface area (Å²) in [5.74, 6) is 1.64. The molecule has 3 rings (SSSR count). The quantitative estimate of drug-likeness (QED) is 0.912. The number of likely N-dealkylation sites (tertiary alicyclic amines) is 1. The predicted molar refractivity (Wildman–Crippen MR) is 80.5 cm³/mol. The minimum atomic E-state index is 0.301. The number of hydrogen-bond donors (Lipinski definition) is 1. The van der Waals surface area contributed by atoms with Gasteiger partial charge in [0.1, 0.15) is 0 Å². The van der Waals surface area contributed by atoms with E-state index in [1.807, 2.05) is 0 Å². The molecule has 2 heterocycles. The van der Waals surface area contributed by atoms with E-state index in [9.17, 15) is 4.79 Å². The van der Waals surface area contributed by atoms with Crippen LogP contribution in [0.5, 0.6) is 0 Å². The van der Waals surface area contributed by atoms with Crippen LogP contribution in [0.2, 0.25) is 0 Å². The Morgan fingerprint density at radius 1 is 1.30 bits per heavy atom. The highest BCUT2D eigenvalue weighted by atomic mass is 16.2. The summed E-state index contributed by atoms with van der Waals surface area (Å²) >= 11 is 0. The number of carbonyl (C=O) groups excluding carboxylic acids is 1. The van der Waals surface area contributed by atoms with E-state index in [4.69, 9.17) is 0 Å². The molecule has 3 atom stereocenters.